The predicted octanol–water partition coefficient (Wildman–Crippen LogP) is 2.70. The summed E-state index contributed by atoms with van der Waals surface area (Å²) in [6, 6.07) is 9.63. The Kier molecular flexibility index (Phi) is 6.36. The van der Waals surface area contributed by atoms with E-state index in [2.05, 4.69) is 5.32 Å². The molecule has 0 saturated carbocycles. The Labute approximate surface area is 169 Å². The first-order valence-electron chi connectivity index (χ1n) is 9.59. The Hall–Kier alpha value is -3.09. The summed E-state index contributed by atoms with van der Waals surface area (Å²) in [7, 11) is 1.44. The molecule has 0 bridgehead atoms. The van der Waals surface area contributed by atoms with Crippen molar-refractivity contribution in [3.05, 3.63) is 71.0 Å². The second kappa shape index (κ2) is 8.94. The molecule has 2 aliphatic carbocycles. The van der Waals surface area contributed by atoms with Crippen molar-refractivity contribution in [1.82, 2.24) is 5.32 Å². The Morgan fingerprint density at radius 3 is 2.66 bits per heavy atom. The van der Waals surface area contributed by atoms with Crippen LogP contribution >= 0.6 is 0 Å². The number of carbonyl (C=O) groups is 2. The number of rotatable bonds is 7. The molecule has 0 heterocycles. The number of methoxy groups -OCH3 is 1. The molecule has 1 aromatic carbocycles. The number of benzene rings is 1. The van der Waals surface area contributed by atoms with Gasteiger partial charge in [-0.1, -0.05) is 36.4 Å². The molecule has 29 heavy (non-hydrogen) atoms. The van der Waals surface area contributed by atoms with Crippen LogP contribution in [0.1, 0.15) is 24.8 Å². The number of hydrogen-bond donors (Lipinski definition) is 2. The van der Waals surface area contributed by atoms with Gasteiger partial charge >= 0.3 is 5.97 Å². The number of fused-ring (bicyclic) bond motifs is 1. The summed E-state index contributed by atoms with van der Waals surface area (Å²) in [6.45, 7) is 2.15. The van der Waals surface area contributed by atoms with Gasteiger partial charge < -0.3 is 20.5 Å². The van der Waals surface area contributed by atoms with Crippen LogP contribution in [0.5, 0.6) is 0 Å². The van der Waals surface area contributed by atoms with Crippen molar-refractivity contribution in [3.63, 3.8) is 0 Å². The lowest BCUT2D eigenvalue weighted by atomic mass is 9.67. The molecule has 1 aromatic rings. The van der Waals surface area contributed by atoms with E-state index in [1.54, 1.807) is 6.92 Å². The standard InChI is InChI=1S/C22H25FN2O4/c1-3-29-16(27)11-12-25-21-19(23)20(24)18-15(26)10-9-14(17(18)22(21)28-2)13-7-5-4-6-8-13/h4-10,14,17-18,25H,3,11-12,24H2,1-2H3. The van der Waals surface area contributed by atoms with Crippen molar-refractivity contribution < 1.29 is 23.5 Å². The van der Waals surface area contributed by atoms with E-state index in [-0.39, 0.29) is 48.6 Å². The lowest BCUT2D eigenvalue weighted by Crippen LogP contribution is -2.41. The fourth-order valence-corrected chi connectivity index (χ4v) is 3.94. The fourth-order valence-electron chi connectivity index (χ4n) is 3.94. The lowest BCUT2D eigenvalue weighted by molar-refractivity contribution is -0.142. The highest BCUT2D eigenvalue weighted by Gasteiger charge is 2.46. The van der Waals surface area contributed by atoms with Gasteiger partial charge in [-0.25, -0.2) is 4.39 Å². The van der Waals surface area contributed by atoms with Gasteiger partial charge in [-0.3, -0.25) is 9.59 Å². The van der Waals surface area contributed by atoms with Crippen LogP contribution in [-0.4, -0.2) is 32.0 Å². The van der Waals surface area contributed by atoms with Gasteiger partial charge in [0, 0.05) is 18.4 Å². The van der Waals surface area contributed by atoms with Gasteiger partial charge in [0.1, 0.15) is 11.5 Å². The molecule has 6 nitrogen and oxygen atoms in total. The van der Waals surface area contributed by atoms with Gasteiger partial charge in [0.2, 0.25) is 0 Å². The van der Waals surface area contributed by atoms with Crippen molar-refractivity contribution in [3.8, 4) is 0 Å². The lowest BCUT2D eigenvalue weighted by Gasteiger charge is -2.39. The molecule has 3 atom stereocenters. The average Bonchev–Trinajstić information content (AvgIpc) is 2.72. The monoisotopic (exact) mass is 400 g/mol. The smallest absolute Gasteiger partial charge is 0.307 e. The van der Waals surface area contributed by atoms with Crippen molar-refractivity contribution in [2.45, 2.75) is 19.3 Å². The first-order valence-corrected chi connectivity index (χ1v) is 9.59. The number of nitrogens with one attached hydrogen (secondary N) is 1. The molecule has 3 N–H and O–H groups in total. The van der Waals surface area contributed by atoms with Crippen LogP contribution < -0.4 is 11.1 Å². The summed E-state index contributed by atoms with van der Waals surface area (Å²) < 4.78 is 25.6. The van der Waals surface area contributed by atoms with E-state index in [1.165, 1.54) is 13.2 Å². The van der Waals surface area contributed by atoms with E-state index in [4.69, 9.17) is 15.2 Å². The first-order chi connectivity index (χ1) is 14.0. The van der Waals surface area contributed by atoms with Gasteiger partial charge in [0.05, 0.1) is 31.8 Å². The van der Waals surface area contributed by atoms with E-state index in [9.17, 15) is 9.59 Å². The van der Waals surface area contributed by atoms with Gasteiger partial charge in [-0.05, 0) is 18.6 Å². The summed E-state index contributed by atoms with van der Waals surface area (Å²) >= 11 is 0. The molecule has 0 fully saturated rings. The minimum Gasteiger partial charge on any atom is -0.498 e. The molecule has 0 aliphatic heterocycles. The zero-order chi connectivity index (χ0) is 21.0. The second-order valence-corrected chi connectivity index (χ2v) is 6.90. The van der Waals surface area contributed by atoms with Crippen LogP contribution in [-0.2, 0) is 19.1 Å². The SMILES string of the molecule is CCOC(=O)CCNC1=C(OC)C2C(C(=O)C=CC2c2ccccc2)C(N)=C1F. The number of halogens is 1. The number of nitrogens with two attached hydrogens (primary N) is 1. The molecule has 0 aromatic heterocycles. The Bertz CT molecular complexity index is 876. The van der Waals surface area contributed by atoms with E-state index in [0.29, 0.717) is 5.76 Å². The molecular formula is C22H25FN2O4. The van der Waals surface area contributed by atoms with Gasteiger partial charge in [-0.15, -0.1) is 0 Å². The molecule has 2 aliphatic rings. The normalized spacial score (nSPS) is 23.7. The molecule has 0 spiro atoms. The van der Waals surface area contributed by atoms with Crippen LogP contribution in [0.4, 0.5) is 4.39 Å². The molecule has 3 unspecified atom stereocenters. The maximum absolute atomic E-state index is 15.1. The quantitative estimate of drug-likeness (QED) is 0.684. The van der Waals surface area contributed by atoms with Gasteiger partial charge in [0.15, 0.2) is 11.6 Å². The number of carbonyl (C=O) groups excluding carboxylic acids is 2. The highest BCUT2D eigenvalue weighted by molar-refractivity contribution is 5.96. The third kappa shape index (κ3) is 4.04. The molecule has 154 valence electrons. The summed E-state index contributed by atoms with van der Waals surface area (Å²) in [5, 5.41) is 2.92. The maximum Gasteiger partial charge on any atom is 0.307 e. The van der Waals surface area contributed by atoms with E-state index in [1.807, 2.05) is 36.4 Å². The topological polar surface area (TPSA) is 90.6 Å². The van der Waals surface area contributed by atoms with E-state index >= 15 is 4.39 Å². The minimum atomic E-state index is -0.837. The zero-order valence-electron chi connectivity index (χ0n) is 16.5. The minimum absolute atomic E-state index is 0.0660. The number of hydrogen-bond acceptors (Lipinski definition) is 6. The summed E-state index contributed by atoms with van der Waals surface area (Å²) in [5.41, 5.74) is 7.01. The Morgan fingerprint density at radius 1 is 1.28 bits per heavy atom. The number of allylic oxidation sites excluding steroid dienone is 5. The third-order valence-electron chi connectivity index (χ3n) is 5.22. The van der Waals surface area contributed by atoms with Crippen molar-refractivity contribution in [2.24, 2.45) is 17.6 Å². The van der Waals surface area contributed by atoms with Crippen LogP contribution in [0.2, 0.25) is 0 Å². The summed E-state index contributed by atoms with van der Waals surface area (Å²) in [6.07, 6.45) is 3.34. The van der Waals surface area contributed by atoms with E-state index < -0.39 is 17.7 Å². The largest absolute Gasteiger partial charge is 0.498 e. The molecule has 0 amide bonds. The molecule has 0 radical (unpaired) electrons. The number of esters is 1. The van der Waals surface area contributed by atoms with Crippen LogP contribution in [0.15, 0.2) is 65.5 Å². The Morgan fingerprint density at radius 2 is 2.00 bits per heavy atom. The molecule has 7 heteroatoms. The van der Waals surface area contributed by atoms with Crippen molar-refractivity contribution >= 4 is 11.8 Å². The number of ketones is 1. The fraction of sp³-hybridized carbons (Fsp3) is 0.364. The maximum atomic E-state index is 15.1. The summed E-state index contributed by atoms with van der Waals surface area (Å²) in [5.74, 6) is -2.57. The summed E-state index contributed by atoms with van der Waals surface area (Å²) in [4.78, 5) is 24.2. The first kappa shape index (κ1) is 20.6. The molecular weight excluding hydrogens is 375 g/mol. The highest BCUT2D eigenvalue weighted by Crippen LogP contribution is 2.47. The van der Waals surface area contributed by atoms with Crippen LogP contribution in [0.25, 0.3) is 0 Å². The van der Waals surface area contributed by atoms with Gasteiger partial charge in [0.25, 0.3) is 0 Å². The molecule has 3 rings (SSSR count). The van der Waals surface area contributed by atoms with Crippen LogP contribution in [0.3, 0.4) is 0 Å². The van der Waals surface area contributed by atoms with Crippen molar-refractivity contribution in [1.29, 1.82) is 0 Å². The third-order valence-corrected chi connectivity index (χ3v) is 5.22. The van der Waals surface area contributed by atoms with Crippen molar-refractivity contribution in [2.75, 3.05) is 20.3 Å². The van der Waals surface area contributed by atoms with Gasteiger partial charge in [-0.2, -0.15) is 0 Å². The van der Waals surface area contributed by atoms with Crippen LogP contribution in [0, 0.1) is 11.8 Å². The zero-order valence-corrected chi connectivity index (χ0v) is 16.5. The number of ether oxygens (including phenoxy) is 2. The Balaban J connectivity index is 1.97. The average molecular weight is 400 g/mol. The molecule has 0 saturated heterocycles. The second-order valence-electron chi connectivity index (χ2n) is 6.90. The predicted molar refractivity (Wildman–Crippen MR) is 106 cm³/mol. The van der Waals surface area contributed by atoms with E-state index in [0.717, 1.165) is 5.56 Å². The highest BCUT2D eigenvalue weighted by atomic mass is 19.1.